The molecule has 0 aromatic rings. The average Bonchev–Trinajstić information content (AvgIpc) is 3.05. The number of likely N-dealkylation sites (N-methyl/N-ethyl adjacent to an activating group) is 1. The zero-order chi connectivity index (χ0) is 17.5. The Labute approximate surface area is 170 Å². The second-order valence-electron chi connectivity index (χ2n) is 7.63. The summed E-state index contributed by atoms with van der Waals surface area (Å²) < 4.78 is 0. The highest BCUT2D eigenvalue weighted by molar-refractivity contribution is 14.0. The minimum absolute atomic E-state index is 0. The van der Waals surface area contributed by atoms with Gasteiger partial charge in [0, 0.05) is 45.3 Å². The summed E-state index contributed by atoms with van der Waals surface area (Å²) in [5.74, 6) is 0.859. The van der Waals surface area contributed by atoms with Crippen molar-refractivity contribution in [3.05, 3.63) is 0 Å². The molecule has 0 unspecified atom stereocenters. The fourth-order valence-electron chi connectivity index (χ4n) is 3.44. The first-order chi connectivity index (χ1) is 11.5. The highest BCUT2D eigenvalue weighted by Crippen LogP contribution is 2.18. The van der Waals surface area contributed by atoms with Gasteiger partial charge in [0.05, 0.1) is 0 Å². The van der Waals surface area contributed by atoms with E-state index in [2.05, 4.69) is 34.4 Å². The number of hydrogen-bond donors (Lipinski definition) is 2. The normalized spacial score (nSPS) is 20.4. The summed E-state index contributed by atoms with van der Waals surface area (Å²) in [5.41, 5.74) is 0. The van der Waals surface area contributed by atoms with Crippen LogP contribution in [0.5, 0.6) is 0 Å². The Morgan fingerprint density at radius 3 is 2.08 bits per heavy atom. The Morgan fingerprint density at radius 2 is 1.60 bits per heavy atom. The molecule has 0 atom stereocenters. The average molecular weight is 465 g/mol. The predicted molar refractivity (Wildman–Crippen MR) is 115 cm³/mol. The third-order valence-corrected chi connectivity index (χ3v) is 5.17. The fraction of sp³-hybridized carbons (Fsp3) is 0.889. The third kappa shape index (κ3) is 7.68. The second kappa shape index (κ2) is 11.2. The number of nitrogens with one attached hydrogen (secondary N) is 2. The number of likely N-dealkylation sites (tertiary alicyclic amines) is 1. The van der Waals surface area contributed by atoms with Gasteiger partial charge in [-0.1, -0.05) is 12.8 Å². The molecule has 1 heterocycles. The van der Waals surface area contributed by atoms with Gasteiger partial charge in [0.25, 0.3) is 0 Å². The number of nitrogens with zero attached hydrogens (tertiary/aromatic N) is 3. The van der Waals surface area contributed by atoms with Crippen LogP contribution in [0, 0.1) is 0 Å². The van der Waals surface area contributed by atoms with Crippen LogP contribution in [0.4, 0.5) is 0 Å². The summed E-state index contributed by atoms with van der Waals surface area (Å²) in [6.07, 6.45) is 7.24. The summed E-state index contributed by atoms with van der Waals surface area (Å²) in [6.45, 7) is 6.98. The maximum atomic E-state index is 11.9. The first-order valence-electron chi connectivity index (χ1n) is 9.47. The molecule has 6 nitrogen and oxygen atoms in total. The lowest BCUT2D eigenvalue weighted by Gasteiger charge is -2.35. The Balaban J connectivity index is 0.00000312. The smallest absolute Gasteiger partial charge is 0.243 e. The highest BCUT2D eigenvalue weighted by Gasteiger charge is 2.23. The monoisotopic (exact) mass is 465 g/mol. The van der Waals surface area contributed by atoms with Crippen molar-refractivity contribution < 1.29 is 4.79 Å². The van der Waals surface area contributed by atoms with E-state index in [4.69, 9.17) is 0 Å². The van der Waals surface area contributed by atoms with Crippen LogP contribution in [0.15, 0.2) is 4.99 Å². The molecular formula is C18H36IN5O. The maximum absolute atomic E-state index is 11.9. The second-order valence-corrected chi connectivity index (χ2v) is 7.63. The van der Waals surface area contributed by atoms with Crippen molar-refractivity contribution in [2.24, 2.45) is 4.99 Å². The molecule has 1 amide bonds. The maximum Gasteiger partial charge on any atom is 0.243 e. The lowest BCUT2D eigenvalue weighted by atomic mass is 10.0. The summed E-state index contributed by atoms with van der Waals surface area (Å²) in [4.78, 5) is 20.5. The topological polar surface area (TPSA) is 60.0 Å². The highest BCUT2D eigenvalue weighted by atomic mass is 127. The first kappa shape index (κ1) is 22.5. The molecule has 2 aliphatic rings. The number of amides is 1. The van der Waals surface area contributed by atoms with Crippen molar-refractivity contribution in [2.75, 3.05) is 33.7 Å². The van der Waals surface area contributed by atoms with Gasteiger partial charge in [-0.25, -0.2) is 4.99 Å². The van der Waals surface area contributed by atoms with Crippen LogP contribution < -0.4 is 10.6 Å². The first-order valence-corrected chi connectivity index (χ1v) is 9.47. The molecule has 25 heavy (non-hydrogen) atoms. The SMILES string of the molecule is CC(C)N1CCC(NC(=NCC(=O)N(C)C)NC2CCCC2)CC1.I. The van der Waals surface area contributed by atoms with E-state index in [0.29, 0.717) is 18.1 Å². The molecule has 2 rings (SSSR count). The van der Waals surface area contributed by atoms with Gasteiger partial charge < -0.3 is 20.4 Å². The molecule has 146 valence electrons. The van der Waals surface area contributed by atoms with Crippen molar-refractivity contribution in [3.8, 4) is 0 Å². The van der Waals surface area contributed by atoms with Crippen molar-refractivity contribution in [2.45, 2.75) is 70.5 Å². The van der Waals surface area contributed by atoms with Gasteiger partial charge in [-0.2, -0.15) is 0 Å². The lowest BCUT2D eigenvalue weighted by Crippen LogP contribution is -2.51. The zero-order valence-electron chi connectivity index (χ0n) is 16.3. The minimum atomic E-state index is 0. The molecule has 1 saturated heterocycles. The van der Waals surface area contributed by atoms with Crippen molar-refractivity contribution in [1.82, 2.24) is 20.4 Å². The largest absolute Gasteiger partial charge is 0.354 e. The summed E-state index contributed by atoms with van der Waals surface area (Å²) >= 11 is 0. The van der Waals surface area contributed by atoms with Gasteiger partial charge in [-0.15, -0.1) is 24.0 Å². The van der Waals surface area contributed by atoms with Crippen LogP contribution in [-0.4, -0.2) is 73.5 Å². The molecule has 0 radical (unpaired) electrons. The third-order valence-electron chi connectivity index (χ3n) is 5.17. The minimum Gasteiger partial charge on any atom is -0.354 e. The number of carbonyl (C=O) groups is 1. The van der Waals surface area contributed by atoms with E-state index in [1.54, 1.807) is 19.0 Å². The van der Waals surface area contributed by atoms with Gasteiger partial charge in [-0.05, 0) is 39.5 Å². The van der Waals surface area contributed by atoms with Crippen LogP contribution in [0.1, 0.15) is 52.4 Å². The van der Waals surface area contributed by atoms with Crippen molar-refractivity contribution in [3.63, 3.8) is 0 Å². The number of piperidine rings is 1. The molecule has 1 aliphatic heterocycles. The molecule has 2 fully saturated rings. The van der Waals surface area contributed by atoms with Crippen LogP contribution >= 0.6 is 24.0 Å². The summed E-state index contributed by atoms with van der Waals surface area (Å²) in [6, 6.07) is 1.57. The van der Waals surface area contributed by atoms with E-state index >= 15 is 0 Å². The number of aliphatic imine (C=N–C) groups is 1. The Morgan fingerprint density at radius 1 is 1.08 bits per heavy atom. The number of carbonyl (C=O) groups excluding carboxylic acids is 1. The Kier molecular flexibility index (Phi) is 10.1. The number of halogens is 1. The molecule has 0 aromatic carbocycles. The zero-order valence-corrected chi connectivity index (χ0v) is 18.6. The number of guanidine groups is 1. The van der Waals surface area contributed by atoms with E-state index in [1.807, 2.05) is 0 Å². The van der Waals surface area contributed by atoms with E-state index in [0.717, 1.165) is 31.9 Å². The molecule has 0 spiro atoms. The van der Waals surface area contributed by atoms with Crippen LogP contribution in [0.25, 0.3) is 0 Å². The van der Waals surface area contributed by atoms with Gasteiger partial charge in [0.1, 0.15) is 6.54 Å². The molecule has 1 saturated carbocycles. The van der Waals surface area contributed by atoms with Crippen LogP contribution in [-0.2, 0) is 4.79 Å². The molecule has 7 heteroatoms. The van der Waals surface area contributed by atoms with Gasteiger partial charge >= 0.3 is 0 Å². The van der Waals surface area contributed by atoms with Gasteiger partial charge in [0.15, 0.2) is 5.96 Å². The number of rotatable bonds is 5. The fourth-order valence-corrected chi connectivity index (χ4v) is 3.44. The van der Waals surface area contributed by atoms with Crippen LogP contribution in [0.3, 0.4) is 0 Å². The molecule has 2 N–H and O–H groups in total. The Bertz CT molecular complexity index is 427. The predicted octanol–water partition coefficient (Wildman–Crippen LogP) is 2.04. The van der Waals surface area contributed by atoms with Crippen LogP contribution in [0.2, 0.25) is 0 Å². The van der Waals surface area contributed by atoms with Gasteiger partial charge in [-0.3, -0.25) is 4.79 Å². The standard InChI is InChI=1S/C18H35N5O.HI/c1-14(2)23-11-9-16(10-12-23)21-18(19-13-17(24)22(3)4)20-15-7-5-6-8-15;/h14-16H,5-13H2,1-4H3,(H2,19,20,21);1H. The molecular weight excluding hydrogens is 429 g/mol. The van der Waals surface area contributed by atoms with E-state index in [1.165, 1.54) is 25.7 Å². The van der Waals surface area contributed by atoms with E-state index in [9.17, 15) is 4.79 Å². The quantitative estimate of drug-likeness (QED) is 0.371. The molecule has 0 aromatic heterocycles. The van der Waals surface area contributed by atoms with Crippen molar-refractivity contribution in [1.29, 1.82) is 0 Å². The van der Waals surface area contributed by atoms with E-state index in [-0.39, 0.29) is 36.4 Å². The lowest BCUT2D eigenvalue weighted by molar-refractivity contribution is -0.127. The summed E-state index contributed by atoms with van der Waals surface area (Å²) in [5, 5.41) is 7.12. The molecule has 0 bridgehead atoms. The number of hydrogen-bond acceptors (Lipinski definition) is 3. The van der Waals surface area contributed by atoms with E-state index < -0.39 is 0 Å². The van der Waals surface area contributed by atoms with Gasteiger partial charge in [0.2, 0.25) is 5.91 Å². The van der Waals surface area contributed by atoms with Crippen molar-refractivity contribution >= 4 is 35.8 Å². The Hall–Kier alpha value is -0.570. The molecule has 1 aliphatic carbocycles. The summed E-state index contributed by atoms with van der Waals surface area (Å²) in [7, 11) is 3.55.